The maximum atomic E-state index is 12.0. The molecule has 3 nitrogen and oxygen atoms in total. The van der Waals surface area contributed by atoms with Crippen molar-refractivity contribution < 1.29 is 4.79 Å². The fourth-order valence-electron chi connectivity index (χ4n) is 3.23. The summed E-state index contributed by atoms with van der Waals surface area (Å²) < 4.78 is 0. The van der Waals surface area contributed by atoms with Crippen LogP contribution in [0.15, 0.2) is 0 Å². The molecule has 3 rings (SSSR count). The van der Waals surface area contributed by atoms with Crippen molar-refractivity contribution >= 4 is 18.3 Å². The Morgan fingerprint density at radius 3 is 2.65 bits per heavy atom. The Balaban J connectivity index is 0.00000108. The first-order valence-corrected chi connectivity index (χ1v) is 6.70. The maximum absolute atomic E-state index is 12.0. The van der Waals surface area contributed by atoms with Gasteiger partial charge in [0.15, 0.2) is 0 Å². The number of carbonyl (C=O) groups excluding carboxylic acids is 1. The van der Waals surface area contributed by atoms with Gasteiger partial charge in [0.25, 0.3) is 0 Å². The van der Waals surface area contributed by atoms with Crippen LogP contribution in [0.2, 0.25) is 0 Å². The van der Waals surface area contributed by atoms with Crippen LogP contribution in [0.5, 0.6) is 0 Å². The van der Waals surface area contributed by atoms with E-state index in [1.165, 1.54) is 19.3 Å². The Hall–Kier alpha value is -0.280. The molecule has 2 aliphatic carbocycles. The van der Waals surface area contributed by atoms with E-state index in [-0.39, 0.29) is 12.4 Å². The number of halogens is 1. The molecule has 2 N–H and O–H groups in total. The zero-order valence-corrected chi connectivity index (χ0v) is 11.3. The highest BCUT2D eigenvalue weighted by atomic mass is 35.5. The van der Waals surface area contributed by atoms with Gasteiger partial charge in [-0.25, -0.2) is 0 Å². The molecular formula is C13H23ClN2O. The molecule has 3 fully saturated rings. The van der Waals surface area contributed by atoms with Gasteiger partial charge in [-0.15, -0.1) is 12.4 Å². The van der Waals surface area contributed by atoms with Crippen LogP contribution < -0.4 is 10.6 Å². The molecule has 3 aliphatic rings. The van der Waals surface area contributed by atoms with Crippen molar-refractivity contribution in [2.24, 2.45) is 23.2 Å². The van der Waals surface area contributed by atoms with Gasteiger partial charge in [-0.1, -0.05) is 6.92 Å². The lowest BCUT2D eigenvalue weighted by atomic mass is 9.92. The molecular weight excluding hydrogens is 236 g/mol. The first-order chi connectivity index (χ1) is 7.71. The van der Waals surface area contributed by atoms with Gasteiger partial charge in [0.05, 0.1) is 0 Å². The second-order valence-corrected chi connectivity index (χ2v) is 6.09. The average Bonchev–Trinajstić information content (AvgIpc) is 3.16. The van der Waals surface area contributed by atoms with Crippen LogP contribution in [0.3, 0.4) is 0 Å². The summed E-state index contributed by atoms with van der Waals surface area (Å²) in [5.41, 5.74) is 0.393. The highest BCUT2D eigenvalue weighted by molar-refractivity contribution is 5.85. The molecule has 0 aromatic carbocycles. The number of nitrogens with one attached hydrogen (secondary N) is 2. The zero-order valence-electron chi connectivity index (χ0n) is 10.5. The fourth-order valence-corrected chi connectivity index (χ4v) is 3.23. The summed E-state index contributed by atoms with van der Waals surface area (Å²) in [7, 11) is 0. The summed E-state index contributed by atoms with van der Waals surface area (Å²) >= 11 is 0. The smallest absolute Gasteiger partial charge is 0.223 e. The Morgan fingerprint density at radius 2 is 2.06 bits per heavy atom. The van der Waals surface area contributed by atoms with Crippen LogP contribution in [-0.2, 0) is 4.79 Å². The molecule has 1 heterocycles. The third-order valence-electron chi connectivity index (χ3n) is 4.92. The van der Waals surface area contributed by atoms with Gasteiger partial charge < -0.3 is 10.6 Å². The predicted octanol–water partition coefficient (Wildman–Crippen LogP) is 1.57. The predicted molar refractivity (Wildman–Crippen MR) is 70.2 cm³/mol. The first-order valence-electron chi connectivity index (χ1n) is 6.70. The lowest BCUT2D eigenvalue weighted by Gasteiger charge is -2.23. The summed E-state index contributed by atoms with van der Waals surface area (Å²) in [6.07, 6.45) is 4.84. The van der Waals surface area contributed by atoms with Crippen LogP contribution >= 0.6 is 12.4 Å². The molecule has 3 atom stereocenters. The Labute approximate surface area is 110 Å². The lowest BCUT2D eigenvalue weighted by molar-refractivity contribution is -0.123. The third kappa shape index (κ3) is 2.60. The molecule has 3 unspecified atom stereocenters. The second-order valence-electron chi connectivity index (χ2n) is 6.09. The standard InChI is InChI=1S/C13H22N2O.ClH/c1-9-6-10(9)8-15-12(16)11-7-13(11)2-4-14-5-3-13;/h9-11,14H,2-8H2,1H3,(H,15,16);1H. The van der Waals surface area contributed by atoms with Crippen LogP contribution in [0.4, 0.5) is 0 Å². The summed E-state index contributed by atoms with van der Waals surface area (Å²) in [6.45, 7) is 5.39. The SMILES string of the molecule is CC1CC1CNC(=O)C1CC12CCNCC2.Cl. The first kappa shape index (κ1) is 13.2. The summed E-state index contributed by atoms with van der Waals surface area (Å²) in [5.74, 6) is 2.28. The highest BCUT2D eigenvalue weighted by Gasteiger charge is 2.57. The Kier molecular flexibility index (Phi) is 3.69. The number of rotatable bonds is 3. The van der Waals surface area contributed by atoms with Gasteiger partial charge in [-0.3, -0.25) is 4.79 Å². The molecule has 1 spiro atoms. The van der Waals surface area contributed by atoms with Crippen molar-refractivity contribution in [3.63, 3.8) is 0 Å². The quantitative estimate of drug-likeness (QED) is 0.807. The van der Waals surface area contributed by atoms with E-state index in [9.17, 15) is 4.79 Å². The maximum Gasteiger partial charge on any atom is 0.223 e. The van der Waals surface area contributed by atoms with Crippen LogP contribution in [0.25, 0.3) is 0 Å². The van der Waals surface area contributed by atoms with Crippen molar-refractivity contribution in [2.45, 2.75) is 32.6 Å². The van der Waals surface area contributed by atoms with Gasteiger partial charge in [0.1, 0.15) is 0 Å². The van der Waals surface area contributed by atoms with Crippen molar-refractivity contribution in [2.75, 3.05) is 19.6 Å². The van der Waals surface area contributed by atoms with E-state index < -0.39 is 0 Å². The van der Waals surface area contributed by atoms with E-state index in [1.54, 1.807) is 0 Å². The van der Waals surface area contributed by atoms with Gasteiger partial charge in [-0.2, -0.15) is 0 Å². The lowest BCUT2D eigenvalue weighted by Crippen LogP contribution is -2.34. The van der Waals surface area contributed by atoms with E-state index >= 15 is 0 Å². The molecule has 1 amide bonds. The Bertz CT molecular complexity index is 302. The fraction of sp³-hybridized carbons (Fsp3) is 0.923. The van der Waals surface area contributed by atoms with Crippen LogP contribution in [0, 0.1) is 23.2 Å². The molecule has 17 heavy (non-hydrogen) atoms. The number of hydrogen-bond donors (Lipinski definition) is 2. The number of carbonyl (C=O) groups is 1. The zero-order chi connectivity index (χ0) is 11.2. The molecule has 2 saturated carbocycles. The summed E-state index contributed by atoms with van der Waals surface area (Å²) in [6, 6.07) is 0. The van der Waals surface area contributed by atoms with Gasteiger partial charge in [0.2, 0.25) is 5.91 Å². The molecule has 0 aromatic rings. The minimum Gasteiger partial charge on any atom is -0.356 e. The van der Waals surface area contributed by atoms with Crippen LogP contribution in [0.1, 0.15) is 32.6 Å². The highest BCUT2D eigenvalue weighted by Crippen LogP contribution is 2.58. The van der Waals surface area contributed by atoms with E-state index in [4.69, 9.17) is 0 Å². The Morgan fingerprint density at radius 1 is 1.41 bits per heavy atom. The minimum atomic E-state index is 0. The average molecular weight is 259 g/mol. The van der Waals surface area contributed by atoms with Crippen molar-refractivity contribution in [3.8, 4) is 0 Å². The summed E-state index contributed by atoms with van der Waals surface area (Å²) in [5, 5.41) is 6.52. The molecule has 1 aliphatic heterocycles. The van der Waals surface area contributed by atoms with Crippen molar-refractivity contribution in [3.05, 3.63) is 0 Å². The summed E-state index contributed by atoms with van der Waals surface area (Å²) in [4.78, 5) is 12.0. The van der Waals surface area contributed by atoms with E-state index in [1.807, 2.05) is 0 Å². The number of hydrogen-bond acceptors (Lipinski definition) is 2. The van der Waals surface area contributed by atoms with E-state index in [2.05, 4.69) is 17.6 Å². The second kappa shape index (κ2) is 4.77. The molecule has 0 aromatic heterocycles. The monoisotopic (exact) mass is 258 g/mol. The van der Waals surface area contributed by atoms with Gasteiger partial charge >= 0.3 is 0 Å². The van der Waals surface area contributed by atoms with Gasteiger partial charge in [-0.05, 0) is 56.0 Å². The van der Waals surface area contributed by atoms with Gasteiger partial charge in [0, 0.05) is 12.5 Å². The molecule has 4 heteroatoms. The molecule has 98 valence electrons. The van der Waals surface area contributed by atoms with Crippen molar-refractivity contribution in [1.82, 2.24) is 10.6 Å². The van der Waals surface area contributed by atoms with E-state index in [0.717, 1.165) is 37.9 Å². The minimum absolute atomic E-state index is 0. The number of piperidine rings is 1. The topological polar surface area (TPSA) is 41.1 Å². The third-order valence-corrected chi connectivity index (χ3v) is 4.92. The van der Waals surface area contributed by atoms with Crippen molar-refractivity contribution in [1.29, 1.82) is 0 Å². The number of amides is 1. The largest absolute Gasteiger partial charge is 0.356 e. The van der Waals surface area contributed by atoms with E-state index in [0.29, 0.717) is 17.2 Å². The molecule has 1 saturated heterocycles. The normalized spacial score (nSPS) is 37.1. The molecule has 0 bridgehead atoms. The van der Waals surface area contributed by atoms with Crippen LogP contribution in [-0.4, -0.2) is 25.5 Å². The molecule has 0 radical (unpaired) electrons.